The molecule has 0 radical (unpaired) electrons. The van der Waals surface area contributed by atoms with E-state index in [1.54, 1.807) is 0 Å². The molecule has 1 unspecified atom stereocenters. The van der Waals surface area contributed by atoms with Gasteiger partial charge in [-0.1, -0.05) is 0 Å². The third-order valence-electron chi connectivity index (χ3n) is 2.44. The summed E-state index contributed by atoms with van der Waals surface area (Å²) >= 11 is 0. The second-order valence-corrected chi connectivity index (χ2v) is 5.03. The lowest BCUT2D eigenvalue weighted by molar-refractivity contribution is 0.0496. The summed E-state index contributed by atoms with van der Waals surface area (Å²) in [5.41, 5.74) is -0.415. The van der Waals surface area contributed by atoms with Crippen molar-refractivity contribution in [3.8, 4) is 0 Å². The molecule has 4 heteroatoms. The highest BCUT2D eigenvalue weighted by Crippen LogP contribution is 2.38. The molecule has 2 rings (SSSR count). The van der Waals surface area contributed by atoms with Crippen LogP contribution in [-0.4, -0.2) is 29.9 Å². The molecular formula is C10H17NO3. The average molecular weight is 199 g/mol. The fourth-order valence-electron chi connectivity index (χ4n) is 1.84. The SMILES string of the molecule is CC(C)(C)OC(=O)NC1C[C@@H]2O[C@@H]2C1. The molecular weight excluding hydrogens is 182 g/mol. The van der Waals surface area contributed by atoms with Crippen LogP contribution in [0.25, 0.3) is 0 Å². The molecule has 1 aliphatic carbocycles. The predicted octanol–water partition coefficient (Wildman–Crippen LogP) is 1.44. The lowest BCUT2D eigenvalue weighted by Gasteiger charge is -2.22. The van der Waals surface area contributed by atoms with Crippen molar-refractivity contribution in [2.24, 2.45) is 0 Å². The summed E-state index contributed by atoms with van der Waals surface area (Å²) < 4.78 is 10.4. The Morgan fingerprint density at radius 3 is 2.43 bits per heavy atom. The minimum Gasteiger partial charge on any atom is -0.444 e. The molecule has 1 amide bonds. The molecule has 1 heterocycles. The van der Waals surface area contributed by atoms with Gasteiger partial charge in [0.2, 0.25) is 0 Å². The van der Waals surface area contributed by atoms with E-state index in [1.807, 2.05) is 20.8 Å². The van der Waals surface area contributed by atoms with Crippen molar-refractivity contribution in [2.75, 3.05) is 0 Å². The van der Waals surface area contributed by atoms with Gasteiger partial charge >= 0.3 is 6.09 Å². The number of fused-ring (bicyclic) bond motifs is 1. The molecule has 0 aromatic heterocycles. The van der Waals surface area contributed by atoms with Crippen molar-refractivity contribution in [1.29, 1.82) is 0 Å². The number of rotatable bonds is 1. The first-order valence-electron chi connectivity index (χ1n) is 5.09. The van der Waals surface area contributed by atoms with E-state index in [-0.39, 0.29) is 12.1 Å². The van der Waals surface area contributed by atoms with E-state index < -0.39 is 5.60 Å². The highest BCUT2D eigenvalue weighted by atomic mass is 16.6. The molecule has 80 valence electrons. The fourth-order valence-corrected chi connectivity index (χ4v) is 1.84. The zero-order valence-electron chi connectivity index (χ0n) is 8.87. The van der Waals surface area contributed by atoms with Crippen LogP contribution in [0.4, 0.5) is 4.79 Å². The summed E-state index contributed by atoms with van der Waals surface area (Å²) in [6.45, 7) is 5.59. The van der Waals surface area contributed by atoms with Gasteiger partial charge in [0, 0.05) is 6.04 Å². The highest BCUT2D eigenvalue weighted by molar-refractivity contribution is 5.68. The van der Waals surface area contributed by atoms with Crippen molar-refractivity contribution >= 4 is 6.09 Å². The molecule has 0 bridgehead atoms. The van der Waals surface area contributed by atoms with E-state index in [0.717, 1.165) is 12.8 Å². The Labute approximate surface area is 84.0 Å². The van der Waals surface area contributed by atoms with E-state index in [0.29, 0.717) is 12.2 Å². The number of hydrogen-bond donors (Lipinski definition) is 1. The fraction of sp³-hybridized carbons (Fsp3) is 0.900. The van der Waals surface area contributed by atoms with Gasteiger partial charge in [0.05, 0.1) is 12.2 Å². The van der Waals surface area contributed by atoms with Crippen LogP contribution in [-0.2, 0) is 9.47 Å². The number of nitrogens with one attached hydrogen (secondary N) is 1. The van der Waals surface area contributed by atoms with E-state index in [1.165, 1.54) is 0 Å². The Kier molecular flexibility index (Phi) is 2.18. The number of ether oxygens (including phenoxy) is 2. The third kappa shape index (κ3) is 2.38. The summed E-state index contributed by atoms with van der Waals surface area (Å²) in [5.74, 6) is 0. The molecule has 1 saturated heterocycles. The monoisotopic (exact) mass is 199 g/mol. The molecule has 4 nitrogen and oxygen atoms in total. The topological polar surface area (TPSA) is 50.9 Å². The van der Waals surface area contributed by atoms with Crippen molar-refractivity contribution in [3.05, 3.63) is 0 Å². The Morgan fingerprint density at radius 2 is 1.93 bits per heavy atom. The molecule has 0 spiro atoms. The molecule has 2 fully saturated rings. The average Bonchev–Trinajstić information content (AvgIpc) is 2.54. The van der Waals surface area contributed by atoms with Crippen LogP contribution in [0.15, 0.2) is 0 Å². The second-order valence-electron chi connectivity index (χ2n) is 5.03. The van der Waals surface area contributed by atoms with E-state index in [2.05, 4.69) is 5.32 Å². The lowest BCUT2D eigenvalue weighted by atomic mass is 10.2. The quantitative estimate of drug-likeness (QED) is 0.650. The molecule has 14 heavy (non-hydrogen) atoms. The number of carbonyl (C=O) groups is 1. The van der Waals surface area contributed by atoms with Crippen LogP contribution in [0, 0.1) is 0 Å². The molecule has 0 aromatic carbocycles. The van der Waals surface area contributed by atoms with Crippen LogP contribution < -0.4 is 5.32 Å². The molecule has 2 aliphatic rings. The summed E-state index contributed by atoms with van der Waals surface area (Å²) in [5, 5.41) is 2.86. The minimum atomic E-state index is -0.415. The Hall–Kier alpha value is -0.770. The van der Waals surface area contributed by atoms with Gasteiger partial charge in [-0.05, 0) is 33.6 Å². The maximum Gasteiger partial charge on any atom is 0.407 e. The van der Waals surface area contributed by atoms with E-state index >= 15 is 0 Å². The lowest BCUT2D eigenvalue weighted by Crippen LogP contribution is -2.38. The van der Waals surface area contributed by atoms with Gasteiger partial charge in [0.15, 0.2) is 0 Å². The minimum absolute atomic E-state index is 0.244. The van der Waals surface area contributed by atoms with Gasteiger partial charge in [-0.3, -0.25) is 0 Å². The number of alkyl carbamates (subject to hydrolysis) is 1. The first-order chi connectivity index (χ1) is 6.44. The van der Waals surface area contributed by atoms with Gasteiger partial charge in [-0.15, -0.1) is 0 Å². The zero-order valence-corrected chi connectivity index (χ0v) is 8.87. The van der Waals surface area contributed by atoms with Gasteiger partial charge in [0.25, 0.3) is 0 Å². The Balaban J connectivity index is 1.72. The van der Waals surface area contributed by atoms with Gasteiger partial charge in [0.1, 0.15) is 5.60 Å². The predicted molar refractivity (Wildman–Crippen MR) is 51.1 cm³/mol. The van der Waals surface area contributed by atoms with Gasteiger partial charge in [-0.25, -0.2) is 4.79 Å². The van der Waals surface area contributed by atoms with Crippen molar-refractivity contribution in [1.82, 2.24) is 5.32 Å². The van der Waals surface area contributed by atoms with Gasteiger partial charge in [-0.2, -0.15) is 0 Å². The maximum absolute atomic E-state index is 11.4. The zero-order chi connectivity index (χ0) is 10.3. The molecule has 3 atom stereocenters. The highest BCUT2D eigenvalue weighted by Gasteiger charge is 2.48. The molecule has 1 aliphatic heterocycles. The van der Waals surface area contributed by atoms with Crippen LogP contribution in [0.5, 0.6) is 0 Å². The number of amides is 1. The van der Waals surface area contributed by atoms with Gasteiger partial charge < -0.3 is 14.8 Å². The van der Waals surface area contributed by atoms with E-state index in [9.17, 15) is 4.79 Å². The van der Waals surface area contributed by atoms with Crippen molar-refractivity contribution in [3.63, 3.8) is 0 Å². The van der Waals surface area contributed by atoms with Crippen molar-refractivity contribution in [2.45, 2.75) is 57.5 Å². The number of hydrogen-bond acceptors (Lipinski definition) is 3. The maximum atomic E-state index is 11.4. The first-order valence-corrected chi connectivity index (χ1v) is 5.09. The summed E-state index contributed by atoms with van der Waals surface area (Å²) in [7, 11) is 0. The van der Waals surface area contributed by atoms with Crippen LogP contribution in [0.2, 0.25) is 0 Å². The van der Waals surface area contributed by atoms with E-state index in [4.69, 9.17) is 9.47 Å². The summed E-state index contributed by atoms with van der Waals surface area (Å²) in [4.78, 5) is 11.4. The summed E-state index contributed by atoms with van der Waals surface area (Å²) in [6, 6.07) is 0.244. The normalized spacial score (nSPS) is 34.9. The molecule has 1 saturated carbocycles. The van der Waals surface area contributed by atoms with Crippen LogP contribution in [0.3, 0.4) is 0 Å². The molecule has 0 aromatic rings. The smallest absolute Gasteiger partial charge is 0.407 e. The third-order valence-corrected chi connectivity index (χ3v) is 2.44. The van der Waals surface area contributed by atoms with Crippen molar-refractivity contribution < 1.29 is 14.3 Å². The Morgan fingerprint density at radius 1 is 1.36 bits per heavy atom. The Bertz CT molecular complexity index is 236. The van der Waals surface area contributed by atoms with Crippen LogP contribution in [0.1, 0.15) is 33.6 Å². The molecule has 1 N–H and O–H groups in total. The first kappa shape index (κ1) is 9.77. The largest absolute Gasteiger partial charge is 0.444 e. The number of carbonyl (C=O) groups excluding carboxylic acids is 1. The summed E-state index contributed by atoms with van der Waals surface area (Å²) in [6.07, 6.45) is 2.35. The van der Waals surface area contributed by atoms with Crippen LogP contribution >= 0.6 is 0 Å². The standard InChI is InChI=1S/C10H17NO3/c1-10(2,3)14-9(12)11-6-4-7-8(5-6)13-7/h6-8H,4-5H2,1-3H3,(H,11,12)/t6?,7-,8+. The second kappa shape index (κ2) is 3.12. The number of epoxide rings is 1.